The number of thioether (sulfide) groups is 1. The molecule has 24 heavy (non-hydrogen) atoms. The van der Waals surface area contributed by atoms with Gasteiger partial charge in [0, 0.05) is 0 Å². The monoisotopic (exact) mass is 345 g/mol. The number of rotatable bonds is 5. The summed E-state index contributed by atoms with van der Waals surface area (Å²) in [5.74, 6) is 0.683. The van der Waals surface area contributed by atoms with Crippen LogP contribution in [0.1, 0.15) is 12.8 Å². The second kappa shape index (κ2) is 7.13. The smallest absolute Gasteiger partial charge is 0.329 e. The predicted octanol–water partition coefficient (Wildman–Crippen LogP) is 2.69. The van der Waals surface area contributed by atoms with Gasteiger partial charge in [-0.2, -0.15) is 11.8 Å². The fourth-order valence-corrected chi connectivity index (χ4v) is 4.01. The molecule has 1 aliphatic heterocycles. The Labute approximate surface area is 144 Å². The van der Waals surface area contributed by atoms with Crippen molar-refractivity contribution < 1.29 is 19.4 Å². The molecule has 0 atom stereocenters. The summed E-state index contributed by atoms with van der Waals surface area (Å²) in [6.45, 7) is -0.194. The van der Waals surface area contributed by atoms with E-state index in [9.17, 15) is 14.7 Å². The maximum absolute atomic E-state index is 12.2. The number of hydrogen-bond donors (Lipinski definition) is 2. The van der Waals surface area contributed by atoms with Gasteiger partial charge in [-0.25, -0.2) is 4.79 Å². The predicted molar refractivity (Wildman–Crippen MR) is 94.5 cm³/mol. The quantitative estimate of drug-likeness (QED) is 0.871. The molecule has 3 rings (SSSR count). The number of nitrogens with one attached hydrogen (secondary N) is 1. The lowest BCUT2D eigenvalue weighted by atomic mass is 9.92. The van der Waals surface area contributed by atoms with Gasteiger partial charge in [0.05, 0.1) is 0 Å². The van der Waals surface area contributed by atoms with Crippen LogP contribution in [0.15, 0.2) is 42.5 Å². The van der Waals surface area contributed by atoms with Gasteiger partial charge in [-0.15, -0.1) is 0 Å². The van der Waals surface area contributed by atoms with Crippen LogP contribution in [0.4, 0.5) is 0 Å². The average molecular weight is 345 g/mol. The molecule has 1 saturated heterocycles. The summed E-state index contributed by atoms with van der Waals surface area (Å²) in [6.07, 6.45) is 0.878. The third-order valence-corrected chi connectivity index (χ3v) is 5.21. The minimum Gasteiger partial charge on any atom is -0.484 e. The molecule has 0 bridgehead atoms. The maximum Gasteiger partial charge on any atom is 0.329 e. The Morgan fingerprint density at radius 1 is 1.12 bits per heavy atom. The van der Waals surface area contributed by atoms with E-state index in [2.05, 4.69) is 5.32 Å². The normalized spacial score (nSPS) is 16.5. The number of carbonyl (C=O) groups is 2. The highest BCUT2D eigenvalue weighted by Crippen LogP contribution is 2.27. The number of aliphatic carboxylic acids is 1. The van der Waals surface area contributed by atoms with Crippen LogP contribution >= 0.6 is 11.8 Å². The van der Waals surface area contributed by atoms with Crippen molar-refractivity contribution in [3.05, 3.63) is 42.5 Å². The summed E-state index contributed by atoms with van der Waals surface area (Å²) in [7, 11) is 0. The molecule has 1 fully saturated rings. The first kappa shape index (κ1) is 16.6. The summed E-state index contributed by atoms with van der Waals surface area (Å²) >= 11 is 1.71. The van der Waals surface area contributed by atoms with Crippen LogP contribution in [-0.4, -0.2) is 40.6 Å². The Morgan fingerprint density at radius 3 is 2.54 bits per heavy atom. The molecule has 0 aromatic heterocycles. The van der Waals surface area contributed by atoms with E-state index in [1.807, 2.05) is 36.4 Å². The lowest BCUT2D eigenvalue weighted by molar-refractivity contribution is -0.148. The van der Waals surface area contributed by atoms with Crippen LogP contribution in [0, 0.1) is 0 Å². The van der Waals surface area contributed by atoms with E-state index < -0.39 is 17.4 Å². The number of hydrogen-bond acceptors (Lipinski definition) is 4. The van der Waals surface area contributed by atoms with Crippen molar-refractivity contribution in [2.75, 3.05) is 18.1 Å². The third kappa shape index (κ3) is 3.64. The van der Waals surface area contributed by atoms with Crippen LogP contribution in [0.2, 0.25) is 0 Å². The Hall–Kier alpha value is -2.21. The molecule has 1 aliphatic rings. The fourth-order valence-electron chi connectivity index (χ4n) is 2.82. The summed E-state index contributed by atoms with van der Waals surface area (Å²) < 4.78 is 5.53. The van der Waals surface area contributed by atoms with Gasteiger partial charge in [-0.3, -0.25) is 4.79 Å². The molecule has 6 heteroatoms. The third-order valence-electron chi connectivity index (χ3n) is 4.23. The molecule has 0 unspecified atom stereocenters. The molecule has 2 N–H and O–H groups in total. The molecule has 0 saturated carbocycles. The highest BCUT2D eigenvalue weighted by atomic mass is 32.2. The SMILES string of the molecule is O=C(COc1ccc2ccccc2c1)NC1(C(=O)O)CCSCC1. The van der Waals surface area contributed by atoms with Crippen LogP contribution < -0.4 is 10.1 Å². The van der Waals surface area contributed by atoms with Crippen molar-refractivity contribution in [3.63, 3.8) is 0 Å². The van der Waals surface area contributed by atoms with Crippen molar-refractivity contribution in [2.24, 2.45) is 0 Å². The number of fused-ring (bicyclic) bond motifs is 1. The fraction of sp³-hybridized carbons (Fsp3) is 0.333. The topological polar surface area (TPSA) is 75.6 Å². The molecular weight excluding hydrogens is 326 g/mol. The van der Waals surface area contributed by atoms with E-state index in [-0.39, 0.29) is 6.61 Å². The lowest BCUT2D eigenvalue weighted by Gasteiger charge is -2.33. The summed E-state index contributed by atoms with van der Waals surface area (Å²) in [5, 5.41) is 14.3. The largest absolute Gasteiger partial charge is 0.484 e. The van der Waals surface area contributed by atoms with E-state index in [0.29, 0.717) is 18.6 Å². The van der Waals surface area contributed by atoms with Gasteiger partial charge in [0.1, 0.15) is 11.3 Å². The minimum atomic E-state index is -1.16. The Morgan fingerprint density at radius 2 is 1.83 bits per heavy atom. The molecule has 0 aliphatic carbocycles. The average Bonchev–Trinajstić information content (AvgIpc) is 2.60. The molecule has 1 amide bonds. The second-order valence-electron chi connectivity index (χ2n) is 5.85. The number of carboxylic acids is 1. The van der Waals surface area contributed by atoms with Crippen LogP contribution in [0.3, 0.4) is 0 Å². The van der Waals surface area contributed by atoms with Gasteiger partial charge in [-0.1, -0.05) is 30.3 Å². The molecule has 2 aromatic carbocycles. The Bertz CT molecular complexity index is 756. The number of carboxylic acid groups (broad SMARTS) is 1. The lowest BCUT2D eigenvalue weighted by Crippen LogP contribution is -2.57. The first-order chi connectivity index (χ1) is 11.6. The molecule has 5 nitrogen and oxygen atoms in total. The van der Waals surface area contributed by atoms with Crippen LogP contribution in [-0.2, 0) is 9.59 Å². The van der Waals surface area contributed by atoms with Crippen molar-refractivity contribution in [2.45, 2.75) is 18.4 Å². The second-order valence-corrected chi connectivity index (χ2v) is 7.07. The molecule has 126 valence electrons. The zero-order valence-electron chi connectivity index (χ0n) is 13.2. The molecule has 0 radical (unpaired) electrons. The van der Waals surface area contributed by atoms with Crippen LogP contribution in [0.5, 0.6) is 5.75 Å². The maximum atomic E-state index is 12.2. The summed E-state index contributed by atoms with van der Waals surface area (Å²) in [5.41, 5.74) is -1.16. The van der Waals surface area contributed by atoms with E-state index in [1.165, 1.54) is 0 Å². The van der Waals surface area contributed by atoms with Gasteiger partial charge in [0.2, 0.25) is 0 Å². The van der Waals surface area contributed by atoms with E-state index in [1.54, 1.807) is 17.8 Å². The number of carbonyl (C=O) groups excluding carboxylic acids is 1. The van der Waals surface area contributed by atoms with Gasteiger partial charge in [-0.05, 0) is 47.3 Å². The highest BCUT2D eigenvalue weighted by Gasteiger charge is 2.41. The zero-order valence-corrected chi connectivity index (χ0v) is 14.0. The number of benzene rings is 2. The highest BCUT2D eigenvalue weighted by molar-refractivity contribution is 7.99. The van der Waals surface area contributed by atoms with Crippen molar-refractivity contribution >= 4 is 34.4 Å². The standard InChI is InChI=1S/C18H19NO4S/c20-16(19-18(17(21)22)7-9-24-10-8-18)12-23-15-6-5-13-3-1-2-4-14(13)11-15/h1-6,11H,7-10,12H2,(H,19,20)(H,21,22). The van der Waals surface area contributed by atoms with Crippen molar-refractivity contribution in [1.82, 2.24) is 5.32 Å². The van der Waals surface area contributed by atoms with Gasteiger partial charge < -0.3 is 15.2 Å². The van der Waals surface area contributed by atoms with Gasteiger partial charge >= 0.3 is 5.97 Å². The zero-order chi connectivity index (χ0) is 17.0. The van der Waals surface area contributed by atoms with Crippen molar-refractivity contribution in [1.29, 1.82) is 0 Å². The van der Waals surface area contributed by atoms with E-state index in [0.717, 1.165) is 22.3 Å². The van der Waals surface area contributed by atoms with E-state index >= 15 is 0 Å². The van der Waals surface area contributed by atoms with Gasteiger partial charge in [0.25, 0.3) is 5.91 Å². The molecular formula is C18H19NO4S. The van der Waals surface area contributed by atoms with Gasteiger partial charge in [0.15, 0.2) is 6.61 Å². The summed E-state index contributed by atoms with van der Waals surface area (Å²) in [6, 6.07) is 13.5. The van der Waals surface area contributed by atoms with Crippen LogP contribution in [0.25, 0.3) is 10.8 Å². The number of amides is 1. The first-order valence-corrected chi connectivity index (χ1v) is 8.98. The first-order valence-electron chi connectivity index (χ1n) is 7.83. The Kier molecular flexibility index (Phi) is 4.94. The van der Waals surface area contributed by atoms with Crippen molar-refractivity contribution in [3.8, 4) is 5.75 Å². The molecule has 2 aromatic rings. The van der Waals surface area contributed by atoms with E-state index in [4.69, 9.17) is 4.74 Å². The molecule has 1 heterocycles. The molecule has 0 spiro atoms. The minimum absolute atomic E-state index is 0.194. The Balaban J connectivity index is 1.62. The number of ether oxygens (including phenoxy) is 1. The summed E-state index contributed by atoms with van der Waals surface area (Å²) in [4.78, 5) is 23.7.